The third-order valence-corrected chi connectivity index (χ3v) is 5.76. The maximum atomic E-state index is 13.7. The van der Waals surface area contributed by atoms with Crippen LogP contribution in [0.2, 0.25) is 0 Å². The number of rotatable bonds is 3. The molecule has 112 valence electrons. The van der Waals surface area contributed by atoms with Crippen LogP contribution in [0.3, 0.4) is 0 Å². The summed E-state index contributed by atoms with van der Waals surface area (Å²) in [5.41, 5.74) is 5.68. The van der Waals surface area contributed by atoms with Crippen LogP contribution in [-0.4, -0.2) is 14.5 Å². The predicted molar refractivity (Wildman–Crippen MR) is 77.3 cm³/mol. The Bertz CT molecular complexity index is 626. The molecule has 0 amide bonds. The first kappa shape index (κ1) is 15.3. The molecule has 1 fully saturated rings. The van der Waals surface area contributed by atoms with Crippen molar-refractivity contribution >= 4 is 15.7 Å². The zero-order chi connectivity index (χ0) is 15.1. The van der Waals surface area contributed by atoms with Crippen molar-refractivity contribution in [3.05, 3.63) is 23.5 Å². The van der Waals surface area contributed by atoms with Gasteiger partial charge in [0, 0.05) is 17.3 Å². The van der Waals surface area contributed by atoms with E-state index in [1.54, 1.807) is 0 Å². The van der Waals surface area contributed by atoms with E-state index in [9.17, 15) is 12.8 Å². The molecule has 4 nitrogen and oxygen atoms in total. The molecule has 0 heterocycles. The highest BCUT2D eigenvalue weighted by atomic mass is 32.2. The quantitative estimate of drug-likeness (QED) is 0.843. The van der Waals surface area contributed by atoms with E-state index in [2.05, 4.69) is 4.72 Å². The average Bonchev–Trinajstić information content (AvgIpc) is 2.62. The van der Waals surface area contributed by atoms with Crippen LogP contribution in [0.25, 0.3) is 0 Å². The zero-order valence-electron chi connectivity index (χ0n) is 12.0. The Hall–Kier alpha value is -1.14. The minimum atomic E-state index is -3.76. The van der Waals surface area contributed by atoms with Crippen molar-refractivity contribution in [2.45, 2.75) is 51.0 Å². The number of benzene rings is 1. The fourth-order valence-corrected chi connectivity index (χ4v) is 4.48. The summed E-state index contributed by atoms with van der Waals surface area (Å²) >= 11 is 0. The fourth-order valence-electron chi connectivity index (χ4n) is 2.75. The van der Waals surface area contributed by atoms with Gasteiger partial charge in [0.05, 0.1) is 4.90 Å². The van der Waals surface area contributed by atoms with Crippen molar-refractivity contribution in [3.63, 3.8) is 0 Å². The second-order valence-electron chi connectivity index (χ2n) is 6.18. The summed E-state index contributed by atoms with van der Waals surface area (Å²) < 4.78 is 41.3. The number of nitrogens with two attached hydrogens (primary N) is 1. The normalized spacial score (nSPS) is 22.1. The van der Waals surface area contributed by atoms with Gasteiger partial charge in [0.25, 0.3) is 0 Å². The van der Waals surface area contributed by atoms with E-state index in [-0.39, 0.29) is 27.6 Å². The van der Waals surface area contributed by atoms with E-state index >= 15 is 0 Å². The Kier molecular flexibility index (Phi) is 3.81. The Balaban J connectivity index is 2.37. The lowest BCUT2D eigenvalue weighted by Crippen LogP contribution is -2.41. The second kappa shape index (κ2) is 5.00. The third-order valence-electron chi connectivity index (χ3n) is 4.16. The molecule has 3 N–H and O–H groups in total. The van der Waals surface area contributed by atoms with E-state index in [0.717, 1.165) is 25.3 Å². The molecule has 6 heteroatoms. The molecule has 1 aromatic carbocycles. The summed E-state index contributed by atoms with van der Waals surface area (Å²) in [7, 11) is -3.76. The smallest absolute Gasteiger partial charge is 0.241 e. The molecule has 1 aliphatic carbocycles. The summed E-state index contributed by atoms with van der Waals surface area (Å²) in [4.78, 5) is -0.0716. The van der Waals surface area contributed by atoms with Gasteiger partial charge in [0.1, 0.15) is 5.82 Å². The number of anilines is 1. The Morgan fingerprint density at radius 3 is 2.60 bits per heavy atom. The van der Waals surface area contributed by atoms with Crippen LogP contribution in [-0.2, 0) is 10.0 Å². The fraction of sp³-hybridized carbons (Fsp3) is 0.571. The van der Waals surface area contributed by atoms with Crippen molar-refractivity contribution in [1.82, 2.24) is 4.72 Å². The van der Waals surface area contributed by atoms with Crippen LogP contribution in [0.15, 0.2) is 17.0 Å². The lowest BCUT2D eigenvalue weighted by atomic mass is 9.88. The SMILES string of the molecule is Cc1c(F)cc(N)cc1S(=O)(=O)NC1CCCC1(C)C. The van der Waals surface area contributed by atoms with Gasteiger partial charge in [0.2, 0.25) is 10.0 Å². The van der Waals surface area contributed by atoms with E-state index in [1.807, 2.05) is 13.8 Å². The first-order valence-corrected chi connectivity index (χ1v) is 8.20. The maximum absolute atomic E-state index is 13.7. The molecular formula is C14H21FN2O2S. The van der Waals surface area contributed by atoms with Gasteiger partial charge < -0.3 is 5.73 Å². The molecule has 0 radical (unpaired) electrons. The monoisotopic (exact) mass is 300 g/mol. The molecule has 1 saturated carbocycles. The van der Waals surface area contributed by atoms with Gasteiger partial charge in [0.15, 0.2) is 0 Å². The van der Waals surface area contributed by atoms with Gasteiger partial charge in [-0.3, -0.25) is 0 Å². The molecule has 0 spiro atoms. The van der Waals surface area contributed by atoms with Gasteiger partial charge in [-0.25, -0.2) is 17.5 Å². The second-order valence-corrected chi connectivity index (χ2v) is 7.86. The van der Waals surface area contributed by atoms with Crippen molar-refractivity contribution in [3.8, 4) is 0 Å². The minimum absolute atomic E-state index is 0.0716. The van der Waals surface area contributed by atoms with Gasteiger partial charge >= 0.3 is 0 Å². The molecular weight excluding hydrogens is 279 g/mol. The number of hydrogen-bond acceptors (Lipinski definition) is 3. The molecule has 1 atom stereocenters. The Labute approximate surface area is 119 Å². The standard InChI is InChI=1S/C14H21FN2O2S/c1-9-11(15)7-10(16)8-12(9)20(18,19)17-13-5-4-6-14(13,2)3/h7-8,13,17H,4-6,16H2,1-3H3. The van der Waals surface area contributed by atoms with Gasteiger partial charge in [-0.2, -0.15) is 0 Å². The molecule has 1 unspecified atom stereocenters. The summed E-state index contributed by atoms with van der Waals surface area (Å²) in [6.45, 7) is 5.53. The van der Waals surface area contributed by atoms with Crippen LogP contribution in [0.1, 0.15) is 38.7 Å². The van der Waals surface area contributed by atoms with Crippen molar-refractivity contribution < 1.29 is 12.8 Å². The number of hydrogen-bond donors (Lipinski definition) is 2. The summed E-state index contributed by atoms with van der Waals surface area (Å²) in [6.07, 6.45) is 2.77. The topological polar surface area (TPSA) is 72.2 Å². The molecule has 1 aliphatic rings. The first-order valence-electron chi connectivity index (χ1n) is 6.71. The van der Waals surface area contributed by atoms with Crippen molar-refractivity contribution in [1.29, 1.82) is 0 Å². The lowest BCUT2D eigenvalue weighted by molar-refractivity contribution is 0.313. The van der Waals surface area contributed by atoms with E-state index in [4.69, 9.17) is 5.73 Å². The molecule has 0 aromatic heterocycles. The van der Waals surface area contributed by atoms with Crippen LogP contribution >= 0.6 is 0 Å². The van der Waals surface area contributed by atoms with Crippen LogP contribution < -0.4 is 10.5 Å². The molecule has 0 aliphatic heterocycles. The summed E-state index contributed by atoms with van der Waals surface area (Å²) in [6, 6.07) is 2.31. The lowest BCUT2D eigenvalue weighted by Gasteiger charge is -2.27. The zero-order valence-corrected chi connectivity index (χ0v) is 12.8. The largest absolute Gasteiger partial charge is 0.399 e. The highest BCUT2D eigenvalue weighted by Crippen LogP contribution is 2.38. The minimum Gasteiger partial charge on any atom is -0.399 e. The molecule has 2 rings (SSSR count). The number of nitrogen functional groups attached to an aromatic ring is 1. The van der Waals surface area contributed by atoms with Gasteiger partial charge in [-0.05, 0) is 37.3 Å². The molecule has 0 bridgehead atoms. The molecule has 0 saturated heterocycles. The maximum Gasteiger partial charge on any atom is 0.241 e. The predicted octanol–water partition coefficient (Wildman–Crippen LogP) is 2.57. The van der Waals surface area contributed by atoms with E-state index in [1.165, 1.54) is 13.0 Å². The number of halogens is 1. The van der Waals surface area contributed by atoms with E-state index in [0.29, 0.717) is 0 Å². The Morgan fingerprint density at radius 1 is 1.40 bits per heavy atom. The molecule has 1 aromatic rings. The highest BCUT2D eigenvalue weighted by molar-refractivity contribution is 7.89. The summed E-state index contributed by atoms with van der Waals surface area (Å²) in [5.74, 6) is -0.601. The van der Waals surface area contributed by atoms with Crippen molar-refractivity contribution in [2.24, 2.45) is 5.41 Å². The highest BCUT2D eigenvalue weighted by Gasteiger charge is 2.37. The average molecular weight is 300 g/mol. The van der Waals surface area contributed by atoms with Crippen LogP contribution in [0.4, 0.5) is 10.1 Å². The molecule has 20 heavy (non-hydrogen) atoms. The van der Waals surface area contributed by atoms with Crippen molar-refractivity contribution in [2.75, 3.05) is 5.73 Å². The number of nitrogens with one attached hydrogen (secondary N) is 1. The third kappa shape index (κ3) is 2.81. The summed E-state index contributed by atoms with van der Waals surface area (Å²) in [5, 5.41) is 0. The van der Waals surface area contributed by atoms with E-state index < -0.39 is 15.8 Å². The van der Waals surface area contributed by atoms with Gasteiger partial charge in [-0.15, -0.1) is 0 Å². The Morgan fingerprint density at radius 2 is 2.05 bits per heavy atom. The van der Waals surface area contributed by atoms with Crippen LogP contribution in [0, 0.1) is 18.2 Å². The first-order chi connectivity index (χ1) is 9.13. The number of sulfonamides is 1. The van der Waals surface area contributed by atoms with Crippen LogP contribution in [0.5, 0.6) is 0 Å². The van der Waals surface area contributed by atoms with Gasteiger partial charge in [-0.1, -0.05) is 20.3 Å².